The van der Waals surface area contributed by atoms with Crippen molar-refractivity contribution in [3.05, 3.63) is 48.3 Å². The molecule has 0 saturated carbocycles. The molecule has 1 atom stereocenters. The van der Waals surface area contributed by atoms with Gasteiger partial charge in [0.15, 0.2) is 0 Å². The highest BCUT2D eigenvalue weighted by atomic mass is 19.1. The molecule has 7 heteroatoms. The normalized spacial score (nSPS) is 23.9. The number of halogens is 1. The Labute approximate surface area is 145 Å². The Morgan fingerprint density at radius 1 is 1.32 bits per heavy atom. The van der Waals surface area contributed by atoms with Crippen LogP contribution in [0.4, 0.5) is 10.1 Å². The fraction of sp³-hybridized carbons (Fsp3) is 0.444. The average molecular weight is 344 g/mol. The maximum atomic E-state index is 13.6. The van der Waals surface area contributed by atoms with Crippen LogP contribution in [0.5, 0.6) is 0 Å². The predicted octanol–water partition coefficient (Wildman–Crippen LogP) is 2.06. The Hall–Kier alpha value is -2.41. The lowest BCUT2D eigenvalue weighted by Gasteiger charge is -2.48. The number of aromatic nitrogens is 2. The Kier molecular flexibility index (Phi) is 4.17. The molecule has 2 aromatic rings. The number of amides is 1. The molecular weight excluding hydrogens is 323 g/mol. The van der Waals surface area contributed by atoms with Gasteiger partial charge in [-0.3, -0.25) is 4.79 Å². The number of carbonyl (C=O) groups excluding carboxylic acids is 1. The number of hydrogen-bond donors (Lipinski definition) is 1. The molecule has 2 fully saturated rings. The largest absolute Gasteiger partial charge is 0.369 e. The van der Waals surface area contributed by atoms with Crippen LogP contribution in [0.2, 0.25) is 0 Å². The molecule has 0 bridgehead atoms. The number of benzene rings is 1. The first-order valence-corrected chi connectivity index (χ1v) is 8.57. The van der Waals surface area contributed by atoms with Gasteiger partial charge in [-0.1, -0.05) is 6.07 Å². The molecule has 132 valence electrons. The van der Waals surface area contributed by atoms with E-state index in [2.05, 4.69) is 14.9 Å². The topological polar surface area (TPSA) is 61.5 Å². The molecule has 1 spiro atoms. The van der Waals surface area contributed by atoms with E-state index >= 15 is 0 Å². The number of anilines is 1. The van der Waals surface area contributed by atoms with Crippen molar-refractivity contribution >= 4 is 11.6 Å². The van der Waals surface area contributed by atoms with Crippen LogP contribution in [0.25, 0.3) is 0 Å². The van der Waals surface area contributed by atoms with E-state index in [4.69, 9.17) is 4.74 Å². The second kappa shape index (κ2) is 6.48. The number of piperidine rings is 1. The molecule has 2 saturated heterocycles. The summed E-state index contributed by atoms with van der Waals surface area (Å²) in [6.07, 6.45) is 4.90. The smallest absolute Gasteiger partial charge is 0.272 e. The summed E-state index contributed by atoms with van der Waals surface area (Å²) < 4.78 is 19.7. The van der Waals surface area contributed by atoms with Gasteiger partial charge in [-0.2, -0.15) is 0 Å². The first-order valence-electron chi connectivity index (χ1n) is 8.57. The maximum absolute atomic E-state index is 13.6. The molecule has 25 heavy (non-hydrogen) atoms. The van der Waals surface area contributed by atoms with E-state index in [9.17, 15) is 9.18 Å². The molecule has 1 amide bonds. The Morgan fingerprint density at radius 2 is 2.24 bits per heavy atom. The van der Waals surface area contributed by atoms with Crippen molar-refractivity contribution in [3.8, 4) is 0 Å². The number of carbonyl (C=O) groups is 1. The quantitative estimate of drug-likeness (QED) is 0.906. The van der Waals surface area contributed by atoms with Crippen molar-refractivity contribution in [2.75, 3.05) is 37.7 Å². The molecule has 2 aliphatic heterocycles. The number of rotatable bonds is 2. The molecule has 1 aromatic carbocycles. The molecule has 6 nitrogen and oxygen atoms in total. The first kappa shape index (κ1) is 16.1. The standard InChI is InChI=1S/C18H21FN4O2/c19-14-3-1-4-15(9-14)22-6-2-5-18(11-22)12-23(7-8-25-18)17(24)16-10-20-13-21-16/h1,3-4,9-10,13H,2,5-8,11-12H2,(H,20,21)/t18-/m1/s1. The summed E-state index contributed by atoms with van der Waals surface area (Å²) in [4.78, 5) is 23.4. The van der Waals surface area contributed by atoms with E-state index in [1.807, 2.05) is 11.0 Å². The zero-order valence-electron chi connectivity index (χ0n) is 13.9. The lowest BCUT2D eigenvalue weighted by Crippen LogP contribution is -2.60. The van der Waals surface area contributed by atoms with Crippen LogP contribution in [0, 0.1) is 5.82 Å². The molecule has 4 rings (SSSR count). The summed E-state index contributed by atoms with van der Waals surface area (Å²) in [6, 6.07) is 6.64. The van der Waals surface area contributed by atoms with E-state index in [1.54, 1.807) is 18.3 Å². The Balaban J connectivity index is 1.51. The van der Waals surface area contributed by atoms with Crippen LogP contribution < -0.4 is 4.90 Å². The summed E-state index contributed by atoms with van der Waals surface area (Å²) in [5.41, 5.74) is 0.952. The molecule has 1 N–H and O–H groups in total. The number of hydrogen-bond acceptors (Lipinski definition) is 4. The summed E-state index contributed by atoms with van der Waals surface area (Å²) in [5.74, 6) is -0.291. The van der Waals surface area contributed by atoms with E-state index in [1.165, 1.54) is 12.4 Å². The second-order valence-electron chi connectivity index (χ2n) is 6.73. The van der Waals surface area contributed by atoms with Crippen LogP contribution in [0.1, 0.15) is 23.3 Å². The number of ether oxygens (including phenoxy) is 1. The third-order valence-corrected chi connectivity index (χ3v) is 4.98. The lowest BCUT2D eigenvalue weighted by molar-refractivity contribution is -0.105. The van der Waals surface area contributed by atoms with Crippen molar-refractivity contribution in [2.24, 2.45) is 0 Å². The average Bonchev–Trinajstić information content (AvgIpc) is 3.16. The van der Waals surface area contributed by atoms with Crippen LogP contribution in [0.15, 0.2) is 36.8 Å². The van der Waals surface area contributed by atoms with Gasteiger partial charge in [0.2, 0.25) is 0 Å². The molecule has 3 heterocycles. The number of nitrogens with one attached hydrogen (secondary N) is 1. The van der Waals surface area contributed by atoms with E-state index in [0.717, 1.165) is 25.1 Å². The van der Waals surface area contributed by atoms with Gasteiger partial charge in [-0.25, -0.2) is 9.37 Å². The highest BCUT2D eigenvalue weighted by molar-refractivity contribution is 5.92. The summed E-state index contributed by atoms with van der Waals surface area (Å²) in [7, 11) is 0. The van der Waals surface area contributed by atoms with Gasteiger partial charge in [0.05, 0.1) is 25.7 Å². The molecule has 0 aliphatic carbocycles. The fourth-order valence-electron chi connectivity index (χ4n) is 3.80. The number of imidazole rings is 1. The minimum Gasteiger partial charge on any atom is -0.369 e. The SMILES string of the molecule is O=C(c1cnc[nH]1)N1CCO[C@@]2(CCCN(c3cccc(F)c3)C2)C1. The fourth-order valence-corrected chi connectivity index (χ4v) is 3.80. The summed E-state index contributed by atoms with van der Waals surface area (Å²) in [6.45, 7) is 3.14. The van der Waals surface area contributed by atoms with Crippen LogP contribution >= 0.6 is 0 Å². The highest BCUT2D eigenvalue weighted by Gasteiger charge is 2.42. The summed E-state index contributed by atoms with van der Waals surface area (Å²) in [5, 5.41) is 0. The molecule has 0 radical (unpaired) electrons. The van der Waals surface area contributed by atoms with Crippen molar-refractivity contribution in [1.82, 2.24) is 14.9 Å². The first-order chi connectivity index (χ1) is 12.2. The van der Waals surface area contributed by atoms with Crippen LogP contribution in [0.3, 0.4) is 0 Å². The van der Waals surface area contributed by atoms with Gasteiger partial charge in [-0.05, 0) is 31.0 Å². The Morgan fingerprint density at radius 3 is 3.04 bits per heavy atom. The Bertz CT molecular complexity index is 747. The van der Waals surface area contributed by atoms with Crippen molar-refractivity contribution in [1.29, 1.82) is 0 Å². The third kappa shape index (κ3) is 3.24. The van der Waals surface area contributed by atoms with Crippen molar-refractivity contribution in [3.63, 3.8) is 0 Å². The minimum atomic E-state index is -0.404. The van der Waals surface area contributed by atoms with E-state index < -0.39 is 5.60 Å². The molecule has 2 aliphatic rings. The molecule has 1 aromatic heterocycles. The maximum Gasteiger partial charge on any atom is 0.272 e. The minimum absolute atomic E-state index is 0.0527. The van der Waals surface area contributed by atoms with Gasteiger partial charge < -0.3 is 19.5 Å². The monoisotopic (exact) mass is 344 g/mol. The molecule has 0 unspecified atom stereocenters. The zero-order chi connectivity index (χ0) is 17.3. The van der Waals surface area contributed by atoms with Gasteiger partial charge in [0.25, 0.3) is 5.91 Å². The predicted molar refractivity (Wildman–Crippen MR) is 91.0 cm³/mol. The summed E-state index contributed by atoms with van der Waals surface area (Å²) >= 11 is 0. The molecular formula is C18H21FN4O2. The van der Waals surface area contributed by atoms with Gasteiger partial charge in [0.1, 0.15) is 17.1 Å². The van der Waals surface area contributed by atoms with Crippen molar-refractivity contribution < 1.29 is 13.9 Å². The van der Waals surface area contributed by atoms with Gasteiger partial charge in [-0.15, -0.1) is 0 Å². The van der Waals surface area contributed by atoms with Crippen LogP contribution in [-0.4, -0.2) is 59.2 Å². The zero-order valence-corrected chi connectivity index (χ0v) is 13.9. The van der Waals surface area contributed by atoms with E-state index in [-0.39, 0.29) is 11.7 Å². The number of H-pyrrole nitrogens is 1. The number of morpholine rings is 1. The lowest BCUT2D eigenvalue weighted by atomic mass is 9.90. The highest BCUT2D eigenvalue weighted by Crippen LogP contribution is 2.32. The van der Waals surface area contributed by atoms with E-state index in [0.29, 0.717) is 31.9 Å². The third-order valence-electron chi connectivity index (χ3n) is 4.98. The van der Waals surface area contributed by atoms with Crippen molar-refractivity contribution in [2.45, 2.75) is 18.4 Å². The number of aromatic amines is 1. The van der Waals surface area contributed by atoms with Gasteiger partial charge in [0, 0.05) is 25.3 Å². The second-order valence-corrected chi connectivity index (χ2v) is 6.73. The number of nitrogens with zero attached hydrogens (tertiary/aromatic N) is 3. The van der Waals surface area contributed by atoms with Crippen LogP contribution in [-0.2, 0) is 4.74 Å². The van der Waals surface area contributed by atoms with Gasteiger partial charge >= 0.3 is 0 Å².